The number of nitrogens with zero attached hydrogens (tertiary/aromatic N) is 1. The fourth-order valence-corrected chi connectivity index (χ4v) is 9.87. The van der Waals surface area contributed by atoms with Crippen LogP contribution in [0.2, 0.25) is 0 Å². The lowest BCUT2D eigenvalue weighted by Gasteiger charge is -2.42. The van der Waals surface area contributed by atoms with Crippen molar-refractivity contribution in [2.24, 2.45) is 0 Å². The minimum Gasteiger partial charge on any atom is -0.456 e. The number of rotatable bonds is 5. The first-order valence-electron chi connectivity index (χ1n) is 20.4. The lowest BCUT2D eigenvalue weighted by molar-refractivity contribution is 0.332. The Bertz CT molecular complexity index is 3060. The molecule has 3 nitrogen and oxygen atoms in total. The highest BCUT2D eigenvalue weighted by Gasteiger charge is 2.39. The fourth-order valence-electron chi connectivity index (χ4n) is 9.87. The molecule has 11 rings (SSSR count). The highest BCUT2D eigenvalue weighted by atomic mass is 16.3. The van der Waals surface area contributed by atoms with Crippen molar-refractivity contribution in [2.45, 2.75) is 58.3 Å². The van der Waals surface area contributed by atoms with Gasteiger partial charge in [0, 0.05) is 49.9 Å². The van der Waals surface area contributed by atoms with Crippen LogP contribution in [0.5, 0.6) is 0 Å². The zero-order chi connectivity index (χ0) is 38.6. The Balaban J connectivity index is 1.27. The molecule has 3 heterocycles. The summed E-state index contributed by atoms with van der Waals surface area (Å²) in [7, 11) is 0.791. The lowest BCUT2D eigenvalue weighted by atomic mass is 9.58. The molecule has 2 aromatic heterocycles. The molecule has 1 aliphatic heterocycles. The van der Waals surface area contributed by atoms with Gasteiger partial charge in [-0.3, -0.25) is 0 Å². The standard InChI is InChI=1S/C53H45BN2O/c1-32-20-22-36(23-21-32)55-44-19-13-12-18-37(44)39-28-38(33-14-8-6-9-15-33)49-40-29-41-42(53(4,5)25-24-52(41,2)3)30-45(40)56-46-26-35-27-47(34-16-10-7-11-17-34)57-48(35)31-43(46)54-50(39)51(49)56/h6-23,26-31,54-55H,24-25H2,1-5H3. The van der Waals surface area contributed by atoms with Gasteiger partial charge in [-0.05, 0) is 118 Å². The topological polar surface area (TPSA) is 30.1 Å². The zero-order valence-electron chi connectivity index (χ0n) is 33.3. The van der Waals surface area contributed by atoms with E-state index in [1.54, 1.807) is 0 Å². The molecule has 0 bridgehead atoms. The maximum absolute atomic E-state index is 6.64. The Kier molecular flexibility index (Phi) is 7.39. The van der Waals surface area contributed by atoms with E-state index in [1.165, 1.54) is 90.2 Å². The minimum absolute atomic E-state index is 0.0726. The Morgan fingerprint density at radius 3 is 2.04 bits per heavy atom. The van der Waals surface area contributed by atoms with E-state index in [0.29, 0.717) is 0 Å². The van der Waals surface area contributed by atoms with Crippen LogP contribution in [0.25, 0.3) is 72.0 Å². The van der Waals surface area contributed by atoms with E-state index in [1.807, 2.05) is 0 Å². The van der Waals surface area contributed by atoms with E-state index < -0.39 is 0 Å². The van der Waals surface area contributed by atoms with Gasteiger partial charge in [0.05, 0.1) is 5.52 Å². The zero-order valence-corrected chi connectivity index (χ0v) is 33.3. The first-order valence-corrected chi connectivity index (χ1v) is 20.4. The molecule has 276 valence electrons. The smallest absolute Gasteiger partial charge is 0.198 e. The molecule has 0 amide bonds. The molecule has 0 radical (unpaired) electrons. The van der Waals surface area contributed by atoms with Gasteiger partial charge in [0.1, 0.15) is 11.3 Å². The van der Waals surface area contributed by atoms with Crippen molar-refractivity contribution in [3.05, 3.63) is 162 Å². The number of nitrogens with one attached hydrogen (secondary N) is 1. The summed E-state index contributed by atoms with van der Waals surface area (Å²) in [6.07, 6.45) is 2.34. The first kappa shape index (κ1) is 34.0. The molecule has 4 heteroatoms. The van der Waals surface area contributed by atoms with E-state index in [4.69, 9.17) is 4.42 Å². The average molecular weight is 737 g/mol. The van der Waals surface area contributed by atoms with Crippen LogP contribution in [0.1, 0.15) is 57.2 Å². The predicted molar refractivity (Wildman–Crippen MR) is 243 cm³/mol. The van der Waals surface area contributed by atoms with Gasteiger partial charge in [0.2, 0.25) is 0 Å². The molecule has 0 fully saturated rings. The molecule has 0 spiro atoms. The second kappa shape index (κ2) is 12.4. The van der Waals surface area contributed by atoms with Gasteiger partial charge < -0.3 is 14.3 Å². The number of aromatic nitrogens is 1. The Morgan fingerprint density at radius 2 is 1.30 bits per heavy atom. The van der Waals surface area contributed by atoms with E-state index >= 15 is 0 Å². The summed E-state index contributed by atoms with van der Waals surface area (Å²) in [6.45, 7) is 11.9. The normalized spacial score (nSPS) is 15.0. The van der Waals surface area contributed by atoms with Crippen LogP contribution in [0.15, 0.2) is 150 Å². The van der Waals surface area contributed by atoms with Gasteiger partial charge in [0.15, 0.2) is 7.28 Å². The van der Waals surface area contributed by atoms with Gasteiger partial charge in [-0.15, -0.1) is 0 Å². The largest absolute Gasteiger partial charge is 0.456 e. The summed E-state index contributed by atoms with van der Waals surface area (Å²) in [6, 6.07) is 53.6. The van der Waals surface area contributed by atoms with E-state index in [9.17, 15) is 0 Å². The molecule has 0 saturated heterocycles. The molecular formula is C53H45BN2O. The van der Waals surface area contributed by atoms with Crippen LogP contribution in [-0.4, -0.2) is 11.8 Å². The van der Waals surface area contributed by atoms with Crippen LogP contribution in [0.4, 0.5) is 11.4 Å². The summed E-state index contributed by atoms with van der Waals surface area (Å²) in [5.74, 6) is 0.897. The third-order valence-corrected chi connectivity index (χ3v) is 13.1. The van der Waals surface area contributed by atoms with Crippen LogP contribution in [0, 0.1) is 6.92 Å². The number of anilines is 2. The molecule has 1 N–H and O–H groups in total. The second-order valence-corrected chi connectivity index (χ2v) is 17.8. The average Bonchev–Trinajstić information content (AvgIpc) is 3.80. The van der Waals surface area contributed by atoms with Gasteiger partial charge in [-0.1, -0.05) is 130 Å². The third kappa shape index (κ3) is 5.34. The molecular weight excluding hydrogens is 691 g/mol. The second-order valence-electron chi connectivity index (χ2n) is 17.8. The van der Waals surface area contributed by atoms with Crippen LogP contribution in [-0.2, 0) is 10.8 Å². The number of furan rings is 1. The summed E-state index contributed by atoms with van der Waals surface area (Å²) in [5, 5.41) is 7.60. The molecule has 0 unspecified atom stereocenters. The van der Waals surface area contributed by atoms with Crippen LogP contribution < -0.4 is 16.2 Å². The van der Waals surface area contributed by atoms with Crippen molar-refractivity contribution in [3.63, 3.8) is 0 Å². The van der Waals surface area contributed by atoms with Crippen molar-refractivity contribution in [1.29, 1.82) is 0 Å². The first-order chi connectivity index (χ1) is 27.6. The van der Waals surface area contributed by atoms with Gasteiger partial charge >= 0.3 is 0 Å². The van der Waals surface area contributed by atoms with Gasteiger partial charge in [0.25, 0.3) is 0 Å². The van der Waals surface area contributed by atoms with Gasteiger partial charge in [-0.2, -0.15) is 0 Å². The maximum Gasteiger partial charge on any atom is 0.198 e. The molecule has 2 aliphatic rings. The minimum atomic E-state index is 0.0726. The number of hydrogen-bond acceptors (Lipinski definition) is 2. The Morgan fingerprint density at radius 1 is 0.632 bits per heavy atom. The molecule has 9 aromatic rings. The fraction of sp³-hybridized carbons (Fsp3) is 0.170. The molecule has 0 saturated carbocycles. The number of aryl methyl sites for hydroxylation is 1. The molecule has 57 heavy (non-hydrogen) atoms. The van der Waals surface area contributed by atoms with Crippen LogP contribution in [0.3, 0.4) is 0 Å². The van der Waals surface area contributed by atoms with Crippen molar-refractivity contribution in [2.75, 3.05) is 5.32 Å². The quantitative estimate of drug-likeness (QED) is 0.178. The highest BCUT2D eigenvalue weighted by molar-refractivity contribution is 6.74. The summed E-state index contributed by atoms with van der Waals surface area (Å²) in [4.78, 5) is 0. The van der Waals surface area contributed by atoms with E-state index in [0.717, 1.165) is 40.9 Å². The number of hydrogen-bond donors (Lipinski definition) is 1. The van der Waals surface area contributed by atoms with E-state index in [2.05, 4.69) is 190 Å². The Labute approximate surface area is 335 Å². The van der Waals surface area contributed by atoms with Gasteiger partial charge in [-0.25, -0.2) is 0 Å². The van der Waals surface area contributed by atoms with Crippen molar-refractivity contribution in [3.8, 4) is 39.3 Å². The Hall–Kier alpha value is -6.26. The number of benzene rings is 7. The monoisotopic (exact) mass is 736 g/mol. The summed E-state index contributed by atoms with van der Waals surface area (Å²) in [5.41, 5.74) is 19.9. The SMILES string of the molecule is Cc1ccc(Nc2ccccc2-c2cc(-c3ccccc3)c3c4cc5c(cc4n4c3c2Bc2cc3oc(-c6ccccc6)cc3cc2-4)C(C)(C)CCC5(C)C)cc1. The lowest BCUT2D eigenvalue weighted by Crippen LogP contribution is -2.37. The summed E-state index contributed by atoms with van der Waals surface area (Å²) >= 11 is 0. The maximum atomic E-state index is 6.64. The molecule has 1 aliphatic carbocycles. The third-order valence-electron chi connectivity index (χ3n) is 13.1. The molecule has 0 atom stereocenters. The number of para-hydroxylation sites is 1. The summed E-state index contributed by atoms with van der Waals surface area (Å²) < 4.78 is 9.26. The van der Waals surface area contributed by atoms with Crippen molar-refractivity contribution < 1.29 is 4.42 Å². The van der Waals surface area contributed by atoms with Crippen molar-refractivity contribution in [1.82, 2.24) is 4.57 Å². The highest BCUT2D eigenvalue weighted by Crippen LogP contribution is 2.50. The number of fused-ring (bicyclic) bond motifs is 7. The predicted octanol–water partition coefficient (Wildman–Crippen LogP) is 12.6. The van der Waals surface area contributed by atoms with Crippen molar-refractivity contribution >= 4 is 62.4 Å². The molecule has 7 aromatic carbocycles. The van der Waals surface area contributed by atoms with E-state index in [-0.39, 0.29) is 10.8 Å². The van der Waals surface area contributed by atoms with Crippen LogP contribution >= 0.6 is 0 Å².